The van der Waals surface area contributed by atoms with Crippen molar-refractivity contribution in [2.75, 3.05) is 10.0 Å². The molecule has 0 bridgehead atoms. The molecule has 0 atom stereocenters. The fourth-order valence-electron chi connectivity index (χ4n) is 2.28. The van der Waals surface area contributed by atoms with Gasteiger partial charge in [-0.25, -0.2) is 8.42 Å². The van der Waals surface area contributed by atoms with E-state index < -0.39 is 15.9 Å². The third-order valence-electron chi connectivity index (χ3n) is 3.61. The van der Waals surface area contributed by atoms with Gasteiger partial charge in [-0.1, -0.05) is 30.3 Å². The van der Waals surface area contributed by atoms with E-state index in [-0.39, 0.29) is 21.9 Å². The molecule has 0 aliphatic heterocycles. The molecule has 3 aromatic rings. The van der Waals surface area contributed by atoms with Gasteiger partial charge in [-0.15, -0.1) is 0 Å². The number of hydrogen-bond donors (Lipinski definition) is 3. The lowest BCUT2D eigenvalue weighted by Crippen LogP contribution is -2.14. The quantitative estimate of drug-likeness (QED) is 0.601. The van der Waals surface area contributed by atoms with Gasteiger partial charge in [0, 0.05) is 11.3 Å². The highest BCUT2D eigenvalue weighted by molar-refractivity contribution is 7.92. The van der Waals surface area contributed by atoms with E-state index in [2.05, 4.69) is 10.0 Å². The first-order valence-corrected chi connectivity index (χ1v) is 9.21. The molecule has 0 spiro atoms. The zero-order valence-electron chi connectivity index (χ0n) is 13.6. The first-order chi connectivity index (χ1) is 12.5. The molecule has 3 N–H and O–H groups in total. The predicted molar refractivity (Wildman–Crippen MR) is 99.8 cm³/mol. The molecule has 1 amide bonds. The number of benzene rings is 3. The van der Waals surface area contributed by atoms with Crippen LogP contribution in [0.15, 0.2) is 83.8 Å². The summed E-state index contributed by atoms with van der Waals surface area (Å²) in [4.78, 5) is 12.3. The Balaban J connectivity index is 1.75. The van der Waals surface area contributed by atoms with E-state index in [1.165, 1.54) is 30.3 Å². The predicted octanol–water partition coefficient (Wildman–Crippen LogP) is 3.45. The van der Waals surface area contributed by atoms with Crippen molar-refractivity contribution in [1.29, 1.82) is 0 Å². The third kappa shape index (κ3) is 4.01. The van der Waals surface area contributed by atoms with Crippen molar-refractivity contribution in [3.8, 4) is 5.75 Å². The van der Waals surface area contributed by atoms with Crippen LogP contribution in [-0.4, -0.2) is 19.4 Å². The van der Waals surface area contributed by atoms with Crippen LogP contribution in [0, 0.1) is 0 Å². The number of nitrogens with one attached hydrogen (secondary N) is 2. The van der Waals surface area contributed by atoms with Gasteiger partial charge in [-0.05, 0) is 48.5 Å². The standard InChI is InChI=1S/C19H16N2O4S/c22-18-9-5-4-8-17(18)20-19(23)14-10-12-16(13-11-14)26(24,25)21-15-6-2-1-3-7-15/h1-13,21-22H,(H,20,23). The Labute approximate surface area is 151 Å². The molecular formula is C19H16N2O4S. The van der Waals surface area contributed by atoms with Crippen molar-refractivity contribution in [2.24, 2.45) is 0 Å². The second kappa shape index (κ2) is 7.28. The first-order valence-electron chi connectivity index (χ1n) is 7.73. The van der Waals surface area contributed by atoms with Crippen LogP contribution in [0.4, 0.5) is 11.4 Å². The molecule has 0 radical (unpaired) electrons. The number of sulfonamides is 1. The number of aromatic hydroxyl groups is 1. The Kier molecular flexibility index (Phi) is 4.90. The largest absolute Gasteiger partial charge is 0.506 e. The molecule has 132 valence electrons. The van der Waals surface area contributed by atoms with Crippen molar-refractivity contribution in [1.82, 2.24) is 0 Å². The van der Waals surface area contributed by atoms with Crippen LogP contribution in [0.5, 0.6) is 5.75 Å². The van der Waals surface area contributed by atoms with E-state index in [1.807, 2.05) is 0 Å². The van der Waals surface area contributed by atoms with Crippen molar-refractivity contribution >= 4 is 27.3 Å². The highest BCUT2D eigenvalue weighted by Gasteiger charge is 2.15. The SMILES string of the molecule is O=C(Nc1ccccc1O)c1ccc(S(=O)(=O)Nc2ccccc2)cc1. The Morgan fingerprint density at radius 1 is 0.808 bits per heavy atom. The molecule has 3 rings (SSSR count). The van der Waals surface area contributed by atoms with Gasteiger partial charge < -0.3 is 10.4 Å². The third-order valence-corrected chi connectivity index (χ3v) is 5.00. The fraction of sp³-hybridized carbons (Fsp3) is 0. The van der Waals surface area contributed by atoms with Gasteiger partial charge in [0.25, 0.3) is 15.9 Å². The van der Waals surface area contributed by atoms with Crippen molar-refractivity contribution in [3.63, 3.8) is 0 Å². The fourth-order valence-corrected chi connectivity index (χ4v) is 3.34. The van der Waals surface area contributed by atoms with Gasteiger partial charge in [0.2, 0.25) is 0 Å². The maximum atomic E-state index is 12.4. The van der Waals surface area contributed by atoms with Gasteiger partial charge >= 0.3 is 0 Å². The van der Waals surface area contributed by atoms with Gasteiger partial charge in [0.1, 0.15) is 5.75 Å². The number of phenolic OH excluding ortho intramolecular Hbond substituents is 1. The molecule has 26 heavy (non-hydrogen) atoms. The van der Waals surface area contributed by atoms with Gasteiger partial charge in [-0.2, -0.15) is 0 Å². The van der Waals surface area contributed by atoms with E-state index in [9.17, 15) is 18.3 Å². The van der Waals surface area contributed by atoms with Crippen molar-refractivity contribution < 1.29 is 18.3 Å². The monoisotopic (exact) mass is 368 g/mol. The molecule has 0 aliphatic carbocycles. The summed E-state index contributed by atoms with van der Waals surface area (Å²) >= 11 is 0. The summed E-state index contributed by atoms with van der Waals surface area (Å²) < 4.78 is 27.2. The summed E-state index contributed by atoms with van der Waals surface area (Å²) in [7, 11) is -3.74. The van der Waals surface area contributed by atoms with Crippen LogP contribution >= 0.6 is 0 Å². The molecule has 7 heteroatoms. The Morgan fingerprint density at radius 3 is 2.08 bits per heavy atom. The second-order valence-electron chi connectivity index (χ2n) is 5.47. The zero-order valence-corrected chi connectivity index (χ0v) is 14.4. The molecule has 0 unspecified atom stereocenters. The second-order valence-corrected chi connectivity index (χ2v) is 7.15. The number of carbonyl (C=O) groups excluding carboxylic acids is 1. The minimum atomic E-state index is -3.74. The maximum absolute atomic E-state index is 12.4. The van der Waals surface area contributed by atoms with E-state index in [0.717, 1.165) is 0 Å². The van der Waals surface area contributed by atoms with Gasteiger partial charge in [-0.3, -0.25) is 9.52 Å². The van der Waals surface area contributed by atoms with Crippen LogP contribution in [-0.2, 0) is 10.0 Å². The van der Waals surface area contributed by atoms with Crippen LogP contribution in [0.25, 0.3) is 0 Å². The average molecular weight is 368 g/mol. The lowest BCUT2D eigenvalue weighted by molar-refractivity contribution is 0.102. The molecular weight excluding hydrogens is 352 g/mol. The van der Waals surface area contributed by atoms with Gasteiger partial charge in [0.15, 0.2) is 0 Å². The molecule has 6 nitrogen and oxygen atoms in total. The topological polar surface area (TPSA) is 95.5 Å². The molecule has 0 saturated heterocycles. The molecule has 0 aromatic heterocycles. The summed E-state index contributed by atoms with van der Waals surface area (Å²) in [5.41, 5.74) is 1.00. The molecule has 0 saturated carbocycles. The molecule has 0 aliphatic rings. The number of anilines is 2. The number of rotatable bonds is 5. The summed E-state index contributed by atoms with van der Waals surface area (Å²) in [6, 6.07) is 20.4. The van der Waals surface area contributed by atoms with E-state index in [4.69, 9.17) is 0 Å². The highest BCUT2D eigenvalue weighted by Crippen LogP contribution is 2.22. The minimum absolute atomic E-state index is 0.0421. The van der Waals surface area contributed by atoms with Crippen LogP contribution in [0.2, 0.25) is 0 Å². The Hall–Kier alpha value is -3.32. The van der Waals surface area contributed by atoms with Crippen molar-refractivity contribution in [2.45, 2.75) is 4.90 Å². The Morgan fingerprint density at radius 2 is 1.42 bits per heavy atom. The molecule has 0 fully saturated rings. The Bertz CT molecular complexity index is 1020. The van der Waals surface area contributed by atoms with E-state index in [0.29, 0.717) is 5.69 Å². The van der Waals surface area contributed by atoms with Crippen LogP contribution < -0.4 is 10.0 Å². The van der Waals surface area contributed by atoms with Crippen LogP contribution in [0.1, 0.15) is 10.4 Å². The number of hydrogen-bond acceptors (Lipinski definition) is 4. The summed E-state index contributed by atoms with van der Waals surface area (Å²) in [6.45, 7) is 0. The molecule has 0 heterocycles. The number of carbonyl (C=O) groups is 1. The van der Waals surface area contributed by atoms with Crippen molar-refractivity contribution in [3.05, 3.63) is 84.4 Å². The normalized spacial score (nSPS) is 10.9. The lowest BCUT2D eigenvalue weighted by Gasteiger charge is -2.09. The number of para-hydroxylation sites is 3. The van der Waals surface area contributed by atoms with Crippen LogP contribution in [0.3, 0.4) is 0 Å². The number of amides is 1. The average Bonchev–Trinajstić information content (AvgIpc) is 2.64. The van der Waals surface area contributed by atoms with Gasteiger partial charge in [0.05, 0.1) is 10.6 Å². The lowest BCUT2D eigenvalue weighted by atomic mass is 10.2. The first kappa shape index (κ1) is 17.5. The minimum Gasteiger partial charge on any atom is -0.506 e. The summed E-state index contributed by atoms with van der Waals surface area (Å²) in [5, 5.41) is 12.3. The van der Waals surface area contributed by atoms with E-state index >= 15 is 0 Å². The molecule has 3 aromatic carbocycles. The van der Waals surface area contributed by atoms with E-state index in [1.54, 1.807) is 48.5 Å². The smallest absolute Gasteiger partial charge is 0.261 e. The zero-order chi connectivity index (χ0) is 18.6. The number of phenols is 1. The highest BCUT2D eigenvalue weighted by atomic mass is 32.2. The summed E-state index contributed by atoms with van der Waals surface area (Å²) in [5.74, 6) is -0.501. The summed E-state index contributed by atoms with van der Waals surface area (Å²) in [6.07, 6.45) is 0. The maximum Gasteiger partial charge on any atom is 0.261 e.